The molecule has 1 N–H and O–H groups in total. The van der Waals surface area contributed by atoms with E-state index in [1.807, 2.05) is 6.92 Å². The van der Waals surface area contributed by atoms with Crippen molar-refractivity contribution in [1.29, 1.82) is 0 Å². The molecule has 0 bridgehead atoms. The van der Waals surface area contributed by atoms with E-state index in [-0.39, 0.29) is 13.2 Å². The Morgan fingerprint density at radius 2 is 1.67 bits per heavy atom. The van der Waals surface area contributed by atoms with Gasteiger partial charge >= 0.3 is 5.97 Å². The van der Waals surface area contributed by atoms with Gasteiger partial charge in [0, 0.05) is 5.56 Å². The number of benzene rings is 1. The average molecular weight is 292 g/mol. The normalized spacial score (nSPS) is 11.4. The summed E-state index contributed by atoms with van der Waals surface area (Å²) in [4.78, 5) is 23.7. The largest absolute Gasteiger partial charge is 0.612 e. The van der Waals surface area contributed by atoms with Gasteiger partial charge in [-0.3, -0.25) is 4.79 Å². The number of esters is 1. The predicted molar refractivity (Wildman–Crippen MR) is 73.9 cm³/mol. The molecule has 6 heteroatoms. The highest BCUT2D eigenvalue weighted by molar-refractivity contribution is 6.01. The monoisotopic (exact) mass is 292 g/mol. The summed E-state index contributed by atoms with van der Waals surface area (Å²) >= 11 is 0. The topological polar surface area (TPSA) is 87.7 Å². The van der Waals surface area contributed by atoms with Crippen LogP contribution in [-0.2, 0) is 14.3 Å². The van der Waals surface area contributed by atoms with Gasteiger partial charge in [0.1, 0.15) is 5.70 Å². The Morgan fingerprint density at radius 1 is 1.10 bits per heavy atom. The molecule has 1 aromatic carbocycles. The molecule has 0 atom stereocenters. The van der Waals surface area contributed by atoms with E-state index in [2.05, 4.69) is 5.32 Å². The van der Waals surface area contributed by atoms with Crippen LogP contribution in [0.4, 0.5) is 0 Å². The fraction of sp³-hybridized carbons (Fsp3) is 0.333. The fourth-order valence-electron chi connectivity index (χ4n) is 1.48. The second-order valence-corrected chi connectivity index (χ2v) is 4.14. The molecule has 0 spiro atoms. The van der Waals surface area contributed by atoms with Crippen LogP contribution in [0.1, 0.15) is 29.8 Å². The van der Waals surface area contributed by atoms with Gasteiger partial charge in [-0.05, 0) is 32.6 Å². The summed E-state index contributed by atoms with van der Waals surface area (Å²) in [5, 5.41) is 14.0. The molecule has 1 rings (SSSR count). The van der Waals surface area contributed by atoms with Crippen LogP contribution in [0.2, 0.25) is 0 Å². The number of carbonyl (C=O) groups is 2. The molecule has 6 nitrogen and oxygen atoms in total. The third kappa shape index (κ3) is 4.83. The molecule has 21 heavy (non-hydrogen) atoms. The first-order chi connectivity index (χ1) is 9.99. The minimum Gasteiger partial charge on any atom is -0.612 e. The SMILES string of the molecule is CCOC(=O)/C(NC(=O)c1ccc(C)cc1)=C(/[O-])OCC. The van der Waals surface area contributed by atoms with Crippen molar-refractivity contribution < 1.29 is 24.2 Å². The van der Waals surface area contributed by atoms with Crippen LogP contribution in [0.5, 0.6) is 0 Å². The molecule has 0 aromatic heterocycles. The summed E-state index contributed by atoms with van der Waals surface area (Å²) in [6, 6.07) is 6.70. The van der Waals surface area contributed by atoms with Crippen LogP contribution < -0.4 is 10.4 Å². The Balaban J connectivity index is 2.95. The first-order valence-electron chi connectivity index (χ1n) is 6.58. The van der Waals surface area contributed by atoms with Gasteiger partial charge in [0.2, 0.25) is 0 Å². The van der Waals surface area contributed by atoms with Crippen LogP contribution in [-0.4, -0.2) is 25.1 Å². The molecule has 1 aromatic rings. The molecular weight excluding hydrogens is 274 g/mol. The highest BCUT2D eigenvalue weighted by Gasteiger charge is 2.17. The summed E-state index contributed by atoms with van der Waals surface area (Å²) in [5.41, 5.74) is 0.794. The van der Waals surface area contributed by atoms with E-state index in [0.717, 1.165) is 5.56 Å². The van der Waals surface area contributed by atoms with Crippen LogP contribution in [0, 0.1) is 6.92 Å². The number of hydrogen-bond acceptors (Lipinski definition) is 5. The van der Waals surface area contributed by atoms with Gasteiger partial charge in [-0.25, -0.2) is 4.79 Å². The Labute approximate surface area is 123 Å². The van der Waals surface area contributed by atoms with E-state index in [0.29, 0.717) is 5.56 Å². The van der Waals surface area contributed by atoms with E-state index in [9.17, 15) is 14.7 Å². The molecule has 0 unspecified atom stereocenters. The maximum absolute atomic E-state index is 12.0. The van der Waals surface area contributed by atoms with Gasteiger partial charge in [-0.2, -0.15) is 0 Å². The molecule has 114 valence electrons. The number of hydrogen-bond donors (Lipinski definition) is 1. The average Bonchev–Trinajstić information content (AvgIpc) is 2.45. The van der Waals surface area contributed by atoms with Crippen molar-refractivity contribution in [2.45, 2.75) is 20.8 Å². The summed E-state index contributed by atoms with van der Waals surface area (Å²) in [6.45, 7) is 5.26. The van der Waals surface area contributed by atoms with Crippen LogP contribution in [0.15, 0.2) is 35.9 Å². The van der Waals surface area contributed by atoms with Crippen molar-refractivity contribution in [3.63, 3.8) is 0 Å². The first kappa shape index (κ1) is 16.6. The van der Waals surface area contributed by atoms with E-state index in [1.54, 1.807) is 38.1 Å². The van der Waals surface area contributed by atoms with E-state index in [4.69, 9.17) is 9.47 Å². The minimum atomic E-state index is -0.920. The van der Waals surface area contributed by atoms with Crippen molar-refractivity contribution in [1.82, 2.24) is 5.32 Å². The molecule has 0 heterocycles. The number of ether oxygens (including phenoxy) is 2. The zero-order valence-corrected chi connectivity index (χ0v) is 12.3. The van der Waals surface area contributed by atoms with Gasteiger partial charge in [0.15, 0.2) is 0 Å². The number of rotatable bonds is 6. The van der Waals surface area contributed by atoms with Crippen molar-refractivity contribution in [2.24, 2.45) is 0 Å². The maximum Gasteiger partial charge on any atom is 0.356 e. The van der Waals surface area contributed by atoms with Crippen LogP contribution in [0.3, 0.4) is 0 Å². The molecule has 0 aliphatic heterocycles. The first-order valence-corrected chi connectivity index (χ1v) is 6.58. The fourth-order valence-corrected chi connectivity index (χ4v) is 1.48. The minimum absolute atomic E-state index is 0.0855. The summed E-state index contributed by atoms with van der Waals surface area (Å²) in [7, 11) is 0. The third-order valence-electron chi connectivity index (χ3n) is 2.51. The molecule has 1 amide bonds. The standard InChI is InChI=1S/C15H19NO5/c1-4-20-14(18)12(15(19)21-5-2)16-13(17)11-8-6-10(3)7-9-11/h6-9,18H,4-5H2,1-3H3,(H,16,17)/p-1/b14-12+. The van der Waals surface area contributed by atoms with Crippen LogP contribution >= 0.6 is 0 Å². The zero-order valence-electron chi connectivity index (χ0n) is 12.3. The Hall–Kier alpha value is -2.50. The van der Waals surface area contributed by atoms with Crippen LogP contribution in [0.25, 0.3) is 0 Å². The molecule has 0 fully saturated rings. The van der Waals surface area contributed by atoms with Gasteiger partial charge in [-0.15, -0.1) is 0 Å². The second-order valence-electron chi connectivity index (χ2n) is 4.14. The number of nitrogens with one attached hydrogen (secondary N) is 1. The molecular formula is C15H18NO5-. The molecule has 0 saturated carbocycles. The molecule has 0 aliphatic rings. The van der Waals surface area contributed by atoms with E-state index >= 15 is 0 Å². The van der Waals surface area contributed by atoms with Gasteiger partial charge in [-0.1, -0.05) is 24.6 Å². The lowest BCUT2D eigenvalue weighted by Gasteiger charge is -2.18. The van der Waals surface area contributed by atoms with Gasteiger partial charge in [0.25, 0.3) is 5.91 Å². The molecule has 0 aliphatic carbocycles. The van der Waals surface area contributed by atoms with Gasteiger partial charge in [0.05, 0.1) is 12.6 Å². The smallest absolute Gasteiger partial charge is 0.356 e. The number of aryl methyl sites for hydroxylation is 1. The second kappa shape index (κ2) is 7.94. The van der Waals surface area contributed by atoms with Crippen molar-refractivity contribution >= 4 is 11.9 Å². The maximum atomic E-state index is 12.0. The Kier molecular flexibility index (Phi) is 6.26. The zero-order chi connectivity index (χ0) is 15.8. The number of amides is 1. The Morgan fingerprint density at radius 3 is 2.19 bits per heavy atom. The predicted octanol–water partition coefficient (Wildman–Crippen LogP) is 0.854. The summed E-state index contributed by atoms with van der Waals surface area (Å²) in [5.74, 6) is -2.42. The summed E-state index contributed by atoms with van der Waals surface area (Å²) in [6.07, 6.45) is 0. The van der Waals surface area contributed by atoms with E-state index < -0.39 is 23.5 Å². The lowest BCUT2D eigenvalue weighted by Crippen LogP contribution is -2.33. The number of carbonyl (C=O) groups excluding carboxylic acids is 2. The van der Waals surface area contributed by atoms with Crippen molar-refractivity contribution in [3.05, 3.63) is 47.0 Å². The highest BCUT2D eigenvalue weighted by Crippen LogP contribution is 2.06. The van der Waals surface area contributed by atoms with Crippen molar-refractivity contribution in [2.75, 3.05) is 13.2 Å². The third-order valence-corrected chi connectivity index (χ3v) is 2.51. The lowest BCUT2D eigenvalue weighted by molar-refractivity contribution is -0.358. The highest BCUT2D eigenvalue weighted by atomic mass is 16.6. The quantitative estimate of drug-likeness (QED) is 0.477. The Bertz CT molecular complexity index is 533. The van der Waals surface area contributed by atoms with Crippen molar-refractivity contribution in [3.8, 4) is 0 Å². The van der Waals surface area contributed by atoms with E-state index in [1.165, 1.54) is 0 Å². The molecule has 0 saturated heterocycles. The summed E-state index contributed by atoms with van der Waals surface area (Å²) < 4.78 is 9.47. The molecule has 0 radical (unpaired) electrons. The van der Waals surface area contributed by atoms with Gasteiger partial charge < -0.3 is 19.9 Å². The lowest BCUT2D eigenvalue weighted by atomic mass is 10.1.